The summed E-state index contributed by atoms with van der Waals surface area (Å²) in [5, 5.41) is 48.5. The van der Waals surface area contributed by atoms with Crippen LogP contribution < -0.4 is 25.1 Å². The molecule has 0 spiro atoms. The highest BCUT2D eigenvalue weighted by atomic mass is 16.5. The van der Waals surface area contributed by atoms with Crippen LogP contribution in [0.5, 0.6) is 17.2 Å². The molecule has 0 saturated heterocycles. The van der Waals surface area contributed by atoms with Crippen LogP contribution in [0.15, 0.2) is 12.1 Å². The molecule has 1 rings (SSSR count). The average Bonchev–Trinajstić information content (AvgIpc) is 3.11. The molecule has 1 aromatic carbocycles. The third-order valence-corrected chi connectivity index (χ3v) is 8.36. The summed E-state index contributed by atoms with van der Waals surface area (Å²) in [5.74, 6) is -0.840. The van der Waals surface area contributed by atoms with Crippen LogP contribution >= 0.6 is 0 Å². The molecule has 284 valence electrons. The number of carbonyl (C=O) groups is 2. The lowest BCUT2D eigenvalue weighted by molar-refractivity contribution is -0.149. The van der Waals surface area contributed by atoms with Crippen LogP contribution in [0.4, 0.5) is 0 Å². The SMILES string of the molecule is CCCCCCCCOc1cc(C(=O)NNC(=O)[C@@H](O)[C@H](O)[C@@H](O)[C@@H](O)CO)cc(OCCCCCCCC)c1OCCCCCCCC. The van der Waals surface area contributed by atoms with Crippen LogP contribution in [0.2, 0.25) is 0 Å². The number of unbranched alkanes of at least 4 members (excludes halogenated alkanes) is 15. The van der Waals surface area contributed by atoms with Gasteiger partial charge < -0.3 is 39.7 Å². The Hall–Kier alpha value is -2.64. The van der Waals surface area contributed by atoms with Crippen molar-refractivity contribution in [2.45, 2.75) is 161 Å². The lowest BCUT2D eigenvalue weighted by Crippen LogP contribution is -2.54. The number of carbonyl (C=O) groups excluding carboxylic acids is 2. The van der Waals surface area contributed by atoms with Gasteiger partial charge in [-0.2, -0.15) is 0 Å². The fourth-order valence-electron chi connectivity index (χ4n) is 5.19. The van der Waals surface area contributed by atoms with Gasteiger partial charge in [-0.15, -0.1) is 0 Å². The zero-order chi connectivity index (χ0) is 36.3. The Morgan fingerprint density at radius 2 is 1.00 bits per heavy atom. The minimum atomic E-state index is -2.21. The minimum Gasteiger partial charge on any atom is -0.490 e. The molecule has 0 unspecified atom stereocenters. The first-order valence-electron chi connectivity index (χ1n) is 18.7. The predicted octanol–water partition coefficient (Wildman–Crippen LogP) is 5.10. The first-order valence-corrected chi connectivity index (χ1v) is 18.7. The highest BCUT2D eigenvalue weighted by Gasteiger charge is 2.34. The summed E-state index contributed by atoms with van der Waals surface area (Å²) in [4.78, 5) is 25.7. The van der Waals surface area contributed by atoms with Gasteiger partial charge in [0.1, 0.15) is 18.3 Å². The molecule has 0 aliphatic rings. The van der Waals surface area contributed by atoms with Crippen molar-refractivity contribution in [3.05, 3.63) is 17.7 Å². The van der Waals surface area contributed by atoms with Gasteiger partial charge in [-0.25, -0.2) is 0 Å². The van der Waals surface area contributed by atoms with E-state index in [4.69, 9.17) is 19.3 Å². The van der Waals surface area contributed by atoms with Crippen molar-refractivity contribution in [2.75, 3.05) is 26.4 Å². The Labute approximate surface area is 293 Å². The fourth-order valence-corrected chi connectivity index (χ4v) is 5.19. The number of rotatable bonds is 30. The topological polar surface area (TPSA) is 187 Å². The molecule has 4 atom stereocenters. The first kappa shape index (κ1) is 44.4. The largest absolute Gasteiger partial charge is 0.490 e. The second-order valence-corrected chi connectivity index (χ2v) is 12.8. The molecule has 0 saturated carbocycles. The number of nitrogens with one attached hydrogen (secondary N) is 2. The molecule has 2 amide bonds. The molecule has 0 aliphatic heterocycles. The highest BCUT2D eigenvalue weighted by Crippen LogP contribution is 2.39. The van der Waals surface area contributed by atoms with Crippen LogP contribution in [-0.4, -0.2) is 88.2 Å². The van der Waals surface area contributed by atoms with Gasteiger partial charge in [-0.05, 0) is 31.4 Å². The predicted molar refractivity (Wildman–Crippen MR) is 190 cm³/mol. The van der Waals surface area contributed by atoms with Crippen LogP contribution in [0.25, 0.3) is 0 Å². The highest BCUT2D eigenvalue weighted by molar-refractivity contribution is 5.97. The van der Waals surface area contributed by atoms with Crippen LogP contribution in [-0.2, 0) is 4.79 Å². The molecular formula is C37H66N2O10. The summed E-state index contributed by atoms with van der Waals surface area (Å²) >= 11 is 0. The third kappa shape index (κ3) is 18.8. The maximum atomic E-state index is 13.2. The number of hydrogen-bond acceptors (Lipinski definition) is 10. The molecule has 12 nitrogen and oxygen atoms in total. The maximum absolute atomic E-state index is 13.2. The molecule has 1 aromatic rings. The summed E-state index contributed by atoms with van der Waals surface area (Å²) < 4.78 is 18.7. The smallest absolute Gasteiger partial charge is 0.270 e. The van der Waals surface area contributed by atoms with Gasteiger partial charge in [-0.1, -0.05) is 117 Å². The monoisotopic (exact) mass is 698 g/mol. The Morgan fingerprint density at radius 3 is 1.43 bits per heavy atom. The molecule has 0 aliphatic carbocycles. The second-order valence-electron chi connectivity index (χ2n) is 12.8. The van der Waals surface area contributed by atoms with Gasteiger partial charge in [0.15, 0.2) is 17.6 Å². The second kappa shape index (κ2) is 28.1. The van der Waals surface area contributed by atoms with E-state index in [1.54, 1.807) is 0 Å². The summed E-state index contributed by atoms with van der Waals surface area (Å²) in [6.07, 6.45) is 11.5. The molecule has 0 heterocycles. The van der Waals surface area contributed by atoms with Gasteiger partial charge in [0.25, 0.3) is 11.8 Å². The van der Waals surface area contributed by atoms with E-state index in [1.165, 1.54) is 69.9 Å². The van der Waals surface area contributed by atoms with Gasteiger partial charge >= 0.3 is 0 Å². The molecular weight excluding hydrogens is 632 g/mol. The van der Waals surface area contributed by atoms with E-state index in [2.05, 4.69) is 26.2 Å². The number of benzene rings is 1. The van der Waals surface area contributed by atoms with Crippen molar-refractivity contribution in [1.82, 2.24) is 10.9 Å². The lowest BCUT2D eigenvalue weighted by atomic mass is 10.0. The number of amides is 2. The zero-order valence-electron chi connectivity index (χ0n) is 30.3. The van der Waals surface area contributed by atoms with Crippen molar-refractivity contribution in [2.24, 2.45) is 0 Å². The summed E-state index contributed by atoms with van der Waals surface area (Å²) in [6.45, 7) is 6.95. The summed E-state index contributed by atoms with van der Waals surface area (Å²) in [5.41, 5.74) is 4.34. The van der Waals surface area contributed by atoms with Crippen LogP contribution in [0, 0.1) is 0 Å². The molecule has 0 fully saturated rings. The van der Waals surface area contributed by atoms with Crippen molar-refractivity contribution in [3.63, 3.8) is 0 Å². The molecule has 49 heavy (non-hydrogen) atoms. The first-order chi connectivity index (χ1) is 23.7. The third-order valence-electron chi connectivity index (χ3n) is 8.36. The lowest BCUT2D eigenvalue weighted by Gasteiger charge is -2.25. The Balaban J connectivity index is 3.14. The maximum Gasteiger partial charge on any atom is 0.270 e. The Bertz CT molecular complexity index is 972. The van der Waals surface area contributed by atoms with Crippen molar-refractivity contribution < 1.29 is 49.3 Å². The Kier molecular flexibility index (Phi) is 25.5. The molecule has 0 radical (unpaired) electrons. The zero-order valence-corrected chi connectivity index (χ0v) is 30.3. The van der Waals surface area contributed by atoms with E-state index >= 15 is 0 Å². The molecule has 7 N–H and O–H groups in total. The van der Waals surface area contributed by atoms with E-state index in [1.807, 2.05) is 5.43 Å². The molecule has 0 aromatic heterocycles. The van der Waals surface area contributed by atoms with E-state index < -0.39 is 42.8 Å². The van der Waals surface area contributed by atoms with E-state index in [9.17, 15) is 30.0 Å². The summed E-state index contributed by atoms with van der Waals surface area (Å²) in [7, 11) is 0. The fraction of sp³-hybridized carbons (Fsp3) is 0.784. The normalized spacial score (nSPS) is 13.7. The van der Waals surface area contributed by atoms with Crippen molar-refractivity contribution in [3.8, 4) is 17.2 Å². The number of ether oxygens (including phenoxy) is 3. The number of hydrazine groups is 1. The van der Waals surface area contributed by atoms with E-state index in [0.717, 1.165) is 57.8 Å². The van der Waals surface area contributed by atoms with Gasteiger partial charge in [-0.3, -0.25) is 20.4 Å². The van der Waals surface area contributed by atoms with E-state index in [-0.39, 0.29) is 5.56 Å². The van der Waals surface area contributed by atoms with Gasteiger partial charge in [0.2, 0.25) is 5.75 Å². The molecule has 12 heteroatoms. The standard InChI is InChI=1S/C37H66N2O10/c1-4-7-10-13-16-19-22-47-30-25-28(36(45)38-39-37(46)34(44)33(43)32(42)29(41)27-40)26-31(48-23-20-17-14-11-8-5-2)35(30)49-24-21-18-15-12-9-6-3/h25-26,29,32-34,40-44H,4-24,27H2,1-3H3,(H,38,45)(H,39,46)/t29-,32-,33+,34-/m0/s1. The van der Waals surface area contributed by atoms with Crippen LogP contribution in [0.3, 0.4) is 0 Å². The van der Waals surface area contributed by atoms with Crippen molar-refractivity contribution in [1.29, 1.82) is 0 Å². The van der Waals surface area contributed by atoms with E-state index in [0.29, 0.717) is 37.1 Å². The quantitative estimate of drug-likeness (QED) is 0.0421. The molecule has 0 bridgehead atoms. The van der Waals surface area contributed by atoms with Gasteiger partial charge in [0, 0.05) is 5.56 Å². The number of aliphatic hydroxyl groups is 5. The minimum absolute atomic E-state index is 0.105. The number of aliphatic hydroxyl groups excluding tert-OH is 5. The average molecular weight is 699 g/mol. The van der Waals surface area contributed by atoms with Crippen LogP contribution in [0.1, 0.15) is 147 Å². The van der Waals surface area contributed by atoms with Gasteiger partial charge in [0.05, 0.1) is 26.4 Å². The summed E-state index contributed by atoms with van der Waals surface area (Å²) in [6, 6.07) is 3.05. The number of hydrogen-bond donors (Lipinski definition) is 7. The van der Waals surface area contributed by atoms with Crippen molar-refractivity contribution >= 4 is 11.8 Å². The Morgan fingerprint density at radius 1 is 0.592 bits per heavy atom.